The zero-order chi connectivity index (χ0) is 14.8. The largest absolute Gasteiger partial charge is 0.375 e. The van der Waals surface area contributed by atoms with Crippen LogP contribution in [0.15, 0.2) is 18.3 Å². The van der Waals surface area contributed by atoms with Crippen molar-refractivity contribution in [2.75, 3.05) is 17.2 Å². The van der Waals surface area contributed by atoms with Gasteiger partial charge in [0.15, 0.2) is 5.69 Å². The van der Waals surface area contributed by atoms with E-state index in [9.17, 15) is 4.79 Å². The molecule has 1 aliphatic carbocycles. The highest BCUT2D eigenvalue weighted by Crippen LogP contribution is 2.31. The first-order chi connectivity index (χ1) is 10.1. The second-order valence-corrected chi connectivity index (χ2v) is 6.58. The molecular formula is C15H18N4OS. The highest BCUT2D eigenvalue weighted by Gasteiger charge is 2.23. The quantitative estimate of drug-likeness (QED) is 0.890. The van der Waals surface area contributed by atoms with Gasteiger partial charge in [-0.15, -0.1) is 11.3 Å². The minimum absolute atomic E-state index is 0.178. The summed E-state index contributed by atoms with van der Waals surface area (Å²) in [5.74, 6) is 0.578. The number of amides is 1. The van der Waals surface area contributed by atoms with Crippen LogP contribution in [0.5, 0.6) is 0 Å². The summed E-state index contributed by atoms with van der Waals surface area (Å²) in [6.07, 6.45) is 4.24. The number of carbonyl (C=O) groups excluding carboxylic acids is 1. The maximum absolute atomic E-state index is 12.4. The number of rotatable bonds is 5. The van der Waals surface area contributed by atoms with Gasteiger partial charge in [-0.05, 0) is 44.7 Å². The third kappa shape index (κ3) is 3.58. The van der Waals surface area contributed by atoms with Gasteiger partial charge in [0.05, 0.1) is 5.01 Å². The third-order valence-corrected chi connectivity index (χ3v) is 4.28. The number of nitrogens with zero attached hydrogens (tertiary/aromatic N) is 2. The Hall–Kier alpha value is -1.95. The van der Waals surface area contributed by atoms with Crippen LogP contribution in [0.4, 0.5) is 10.7 Å². The van der Waals surface area contributed by atoms with Crippen molar-refractivity contribution in [2.45, 2.75) is 26.7 Å². The predicted molar refractivity (Wildman–Crippen MR) is 85.0 cm³/mol. The predicted octanol–water partition coefficient (Wildman–Crippen LogP) is 3.23. The number of pyridine rings is 1. The molecule has 0 atom stereocenters. The van der Waals surface area contributed by atoms with Crippen LogP contribution in [0.3, 0.4) is 0 Å². The van der Waals surface area contributed by atoms with Crippen molar-refractivity contribution in [1.82, 2.24) is 9.97 Å². The summed E-state index contributed by atoms with van der Waals surface area (Å²) >= 11 is 1.53. The van der Waals surface area contributed by atoms with Crippen molar-refractivity contribution in [3.05, 3.63) is 34.7 Å². The van der Waals surface area contributed by atoms with Gasteiger partial charge >= 0.3 is 0 Å². The molecule has 0 saturated heterocycles. The van der Waals surface area contributed by atoms with Gasteiger partial charge in [0, 0.05) is 24.1 Å². The van der Waals surface area contributed by atoms with Crippen LogP contribution in [-0.2, 0) is 0 Å². The Morgan fingerprint density at radius 3 is 2.95 bits per heavy atom. The van der Waals surface area contributed by atoms with Crippen molar-refractivity contribution in [3.63, 3.8) is 0 Å². The van der Waals surface area contributed by atoms with Crippen LogP contribution in [0.25, 0.3) is 0 Å². The molecule has 21 heavy (non-hydrogen) atoms. The molecule has 0 aromatic carbocycles. The molecule has 1 saturated carbocycles. The van der Waals surface area contributed by atoms with E-state index in [2.05, 4.69) is 20.6 Å². The number of aryl methyl sites for hydroxylation is 2. The number of hydrogen-bond acceptors (Lipinski definition) is 5. The summed E-state index contributed by atoms with van der Waals surface area (Å²) in [7, 11) is 0. The molecule has 6 heteroatoms. The molecule has 2 aromatic heterocycles. The Morgan fingerprint density at radius 1 is 1.43 bits per heavy atom. The highest BCUT2D eigenvalue weighted by atomic mass is 32.1. The smallest absolute Gasteiger partial charge is 0.277 e. The molecule has 0 unspecified atom stereocenters. The molecule has 0 aliphatic heterocycles. The monoisotopic (exact) mass is 302 g/mol. The number of carbonyl (C=O) groups is 1. The Morgan fingerprint density at radius 2 is 2.24 bits per heavy atom. The molecule has 0 radical (unpaired) electrons. The van der Waals surface area contributed by atoms with E-state index in [0.29, 0.717) is 5.69 Å². The standard InChI is InChI=1S/C15H18N4OS/c1-9-7-12(5-6-16-9)19-14(20)13-15(21-10(2)18-13)17-8-11-3-4-11/h5-7,11,17H,3-4,8H2,1-2H3,(H,16,19,20). The van der Waals surface area contributed by atoms with E-state index in [1.807, 2.05) is 19.9 Å². The fraction of sp³-hybridized carbons (Fsp3) is 0.400. The molecule has 0 spiro atoms. The number of anilines is 2. The highest BCUT2D eigenvalue weighted by molar-refractivity contribution is 7.16. The second kappa shape index (κ2) is 5.81. The van der Waals surface area contributed by atoms with Crippen LogP contribution in [-0.4, -0.2) is 22.4 Å². The van der Waals surface area contributed by atoms with Crippen LogP contribution >= 0.6 is 11.3 Å². The Labute approximate surface area is 127 Å². The van der Waals surface area contributed by atoms with Gasteiger partial charge in [-0.25, -0.2) is 4.98 Å². The van der Waals surface area contributed by atoms with E-state index in [-0.39, 0.29) is 5.91 Å². The van der Waals surface area contributed by atoms with Gasteiger partial charge < -0.3 is 10.6 Å². The number of hydrogen-bond donors (Lipinski definition) is 2. The molecule has 3 rings (SSSR count). The summed E-state index contributed by atoms with van der Waals surface area (Å²) in [4.78, 5) is 20.9. The topological polar surface area (TPSA) is 66.9 Å². The molecule has 1 fully saturated rings. The summed E-state index contributed by atoms with van der Waals surface area (Å²) in [5.41, 5.74) is 2.09. The maximum Gasteiger partial charge on any atom is 0.277 e. The summed E-state index contributed by atoms with van der Waals surface area (Å²) in [6, 6.07) is 3.62. The van der Waals surface area contributed by atoms with Gasteiger partial charge in [0.1, 0.15) is 5.00 Å². The summed E-state index contributed by atoms with van der Waals surface area (Å²) in [5, 5.41) is 7.99. The van der Waals surface area contributed by atoms with Crippen molar-refractivity contribution in [3.8, 4) is 0 Å². The molecule has 2 aromatic rings. The lowest BCUT2D eigenvalue weighted by Gasteiger charge is -2.07. The van der Waals surface area contributed by atoms with Crippen LogP contribution in [0.2, 0.25) is 0 Å². The lowest BCUT2D eigenvalue weighted by Crippen LogP contribution is -2.15. The molecule has 1 amide bonds. The second-order valence-electron chi connectivity index (χ2n) is 5.37. The van der Waals surface area contributed by atoms with E-state index in [1.54, 1.807) is 12.3 Å². The summed E-state index contributed by atoms with van der Waals surface area (Å²) in [6.45, 7) is 4.74. The van der Waals surface area contributed by atoms with Gasteiger partial charge in [0.25, 0.3) is 5.91 Å². The van der Waals surface area contributed by atoms with Crippen molar-refractivity contribution >= 4 is 27.9 Å². The minimum Gasteiger partial charge on any atom is -0.375 e. The molecule has 0 bridgehead atoms. The first-order valence-corrected chi connectivity index (χ1v) is 7.89. The van der Waals surface area contributed by atoms with Crippen molar-refractivity contribution in [1.29, 1.82) is 0 Å². The van der Waals surface area contributed by atoms with E-state index < -0.39 is 0 Å². The first kappa shape index (κ1) is 14.0. The molecular weight excluding hydrogens is 284 g/mol. The van der Waals surface area contributed by atoms with Crippen LogP contribution < -0.4 is 10.6 Å². The molecule has 1 aliphatic rings. The molecule has 2 heterocycles. The van der Waals surface area contributed by atoms with Gasteiger partial charge in [-0.3, -0.25) is 9.78 Å². The molecule has 110 valence electrons. The molecule has 5 nitrogen and oxygen atoms in total. The number of thiazole rings is 1. The maximum atomic E-state index is 12.4. The van der Waals surface area contributed by atoms with E-state index >= 15 is 0 Å². The van der Waals surface area contributed by atoms with E-state index in [0.717, 1.165) is 33.9 Å². The average molecular weight is 302 g/mol. The average Bonchev–Trinajstić information content (AvgIpc) is 3.19. The number of nitrogens with one attached hydrogen (secondary N) is 2. The number of aromatic nitrogens is 2. The lowest BCUT2D eigenvalue weighted by atomic mass is 10.3. The minimum atomic E-state index is -0.178. The normalized spacial score (nSPS) is 14.0. The third-order valence-electron chi connectivity index (χ3n) is 3.35. The zero-order valence-electron chi connectivity index (χ0n) is 12.1. The van der Waals surface area contributed by atoms with Crippen LogP contribution in [0.1, 0.15) is 34.0 Å². The SMILES string of the molecule is Cc1cc(NC(=O)c2nc(C)sc2NCC2CC2)ccn1. The Kier molecular flexibility index (Phi) is 3.88. The fourth-order valence-electron chi connectivity index (χ4n) is 2.07. The van der Waals surface area contributed by atoms with E-state index in [4.69, 9.17) is 0 Å². The van der Waals surface area contributed by atoms with Gasteiger partial charge in [-0.2, -0.15) is 0 Å². The van der Waals surface area contributed by atoms with Crippen molar-refractivity contribution in [2.24, 2.45) is 5.92 Å². The first-order valence-electron chi connectivity index (χ1n) is 7.07. The van der Waals surface area contributed by atoms with Crippen molar-refractivity contribution < 1.29 is 4.79 Å². The summed E-state index contributed by atoms with van der Waals surface area (Å²) < 4.78 is 0. The van der Waals surface area contributed by atoms with Gasteiger partial charge in [-0.1, -0.05) is 0 Å². The van der Waals surface area contributed by atoms with Crippen LogP contribution in [0, 0.1) is 19.8 Å². The van der Waals surface area contributed by atoms with Gasteiger partial charge in [0.2, 0.25) is 0 Å². The molecule has 2 N–H and O–H groups in total. The fourth-order valence-corrected chi connectivity index (χ4v) is 2.90. The zero-order valence-corrected chi connectivity index (χ0v) is 13.0. The lowest BCUT2D eigenvalue weighted by molar-refractivity contribution is 0.102. The Bertz CT molecular complexity index is 663. The Balaban J connectivity index is 1.73. The van der Waals surface area contributed by atoms with E-state index in [1.165, 1.54) is 24.2 Å².